The van der Waals surface area contributed by atoms with E-state index in [1.165, 1.54) is 16.8 Å². The predicted molar refractivity (Wildman–Crippen MR) is 60.1 cm³/mol. The summed E-state index contributed by atoms with van der Waals surface area (Å²) in [6.07, 6.45) is 3.54. The van der Waals surface area contributed by atoms with Crippen molar-refractivity contribution in [3.05, 3.63) is 22.9 Å². The van der Waals surface area contributed by atoms with Crippen molar-refractivity contribution in [2.75, 3.05) is 19.6 Å². The molecule has 0 saturated carbocycles. The molecule has 0 bridgehead atoms. The lowest BCUT2D eigenvalue weighted by atomic mass is 9.83. The third-order valence-corrected chi connectivity index (χ3v) is 3.06. The first kappa shape index (κ1) is 9.78. The van der Waals surface area contributed by atoms with Gasteiger partial charge in [-0.25, -0.2) is 0 Å². The summed E-state index contributed by atoms with van der Waals surface area (Å²) in [5, 5.41) is 6.96. The van der Waals surface area contributed by atoms with Gasteiger partial charge in [-0.1, -0.05) is 26.8 Å². The maximum atomic E-state index is 3.55. The Hall–Kier alpha value is -0.760. The minimum atomic E-state index is 0.295. The van der Waals surface area contributed by atoms with E-state index in [9.17, 15) is 0 Å². The van der Waals surface area contributed by atoms with Crippen LogP contribution in [0.15, 0.2) is 22.9 Å². The minimum Gasteiger partial charge on any atom is -0.384 e. The highest BCUT2D eigenvalue weighted by Crippen LogP contribution is 2.29. The molecule has 2 nitrogen and oxygen atoms in total. The van der Waals surface area contributed by atoms with Gasteiger partial charge in [-0.3, -0.25) is 0 Å². The number of nitrogens with one attached hydrogen (secondary N) is 2. The average Bonchev–Trinajstić information content (AvgIpc) is 2.16. The Balaban J connectivity index is 2.25. The van der Waals surface area contributed by atoms with Crippen LogP contribution in [0.25, 0.3) is 0 Å². The molecule has 2 aliphatic rings. The molecule has 0 amide bonds. The van der Waals surface area contributed by atoms with Crippen LogP contribution >= 0.6 is 0 Å². The van der Waals surface area contributed by atoms with Crippen molar-refractivity contribution >= 4 is 0 Å². The highest BCUT2D eigenvalue weighted by atomic mass is 15.0. The molecule has 0 fully saturated rings. The van der Waals surface area contributed by atoms with Gasteiger partial charge < -0.3 is 10.6 Å². The second-order valence-electron chi connectivity index (χ2n) is 5.20. The second-order valence-corrected chi connectivity index (χ2v) is 5.20. The van der Waals surface area contributed by atoms with Crippen LogP contribution in [0.1, 0.15) is 27.2 Å². The van der Waals surface area contributed by atoms with Gasteiger partial charge in [-0.05, 0) is 23.0 Å². The molecular weight excluding hydrogens is 172 g/mol. The molecule has 78 valence electrons. The van der Waals surface area contributed by atoms with Crippen molar-refractivity contribution in [2.24, 2.45) is 5.41 Å². The van der Waals surface area contributed by atoms with Gasteiger partial charge in [-0.15, -0.1) is 0 Å². The van der Waals surface area contributed by atoms with E-state index in [1.807, 2.05) is 0 Å². The third-order valence-electron chi connectivity index (χ3n) is 3.06. The summed E-state index contributed by atoms with van der Waals surface area (Å²) in [7, 11) is 0. The van der Waals surface area contributed by atoms with Crippen molar-refractivity contribution in [1.82, 2.24) is 10.6 Å². The fraction of sp³-hybridized carbons (Fsp3) is 0.667. The maximum Gasteiger partial charge on any atom is 0.0365 e. The van der Waals surface area contributed by atoms with Crippen molar-refractivity contribution in [3.63, 3.8) is 0 Å². The van der Waals surface area contributed by atoms with Crippen LogP contribution in [0.4, 0.5) is 0 Å². The molecule has 2 heteroatoms. The SMILES string of the molecule is CC(C)(C)C1=CC2=C(CCNC2)NC1. The molecule has 2 N–H and O–H groups in total. The summed E-state index contributed by atoms with van der Waals surface area (Å²) in [5.41, 5.74) is 4.73. The molecule has 0 aromatic rings. The summed E-state index contributed by atoms with van der Waals surface area (Å²) < 4.78 is 0. The van der Waals surface area contributed by atoms with Crippen molar-refractivity contribution in [3.8, 4) is 0 Å². The van der Waals surface area contributed by atoms with Crippen LogP contribution < -0.4 is 10.6 Å². The molecule has 2 heterocycles. The minimum absolute atomic E-state index is 0.295. The summed E-state index contributed by atoms with van der Waals surface area (Å²) in [4.78, 5) is 0. The zero-order valence-electron chi connectivity index (χ0n) is 9.41. The summed E-state index contributed by atoms with van der Waals surface area (Å²) in [6.45, 7) is 10.0. The summed E-state index contributed by atoms with van der Waals surface area (Å²) >= 11 is 0. The molecule has 0 aliphatic carbocycles. The zero-order chi connectivity index (χ0) is 10.2. The van der Waals surface area contributed by atoms with Gasteiger partial charge in [0, 0.05) is 25.3 Å². The van der Waals surface area contributed by atoms with Crippen LogP contribution in [0, 0.1) is 5.41 Å². The van der Waals surface area contributed by atoms with Crippen LogP contribution in [0.2, 0.25) is 0 Å². The first-order valence-electron chi connectivity index (χ1n) is 5.45. The standard InChI is InChI=1S/C12H20N2/c1-12(2,3)10-6-9-7-13-5-4-11(9)14-8-10/h6,13-14H,4-5,7-8H2,1-3H3. The van der Waals surface area contributed by atoms with E-state index in [1.54, 1.807) is 0 Å². The Morgan fingerprint density at radius 3 is 2.71 bits per heavy atom. The summed E-state index contributed by atoms with van der Waals surface area (Å²) in [5.74, 6) is 0. The number of hydrogen-bond acceptors (Lipinski definition) is 2. The molecule has 14 heavy (non-hydrogen) atoms. The Morgan fingerprint density at radius 2 is 2.00 bits per heavy atom. The molecular formula is C12H20N2. The van der Waals surface area contributed by atoms with E-state index >= 15 is 0 Å². The average molecular weight is 192 g/mol. The Bertz CT molecular complexity index is 292. The number of rotatable bonds is 0. The van der Waals surface area contributed by atoms with E-state index in [2.05, 4.69) is 37.5 Å². The van der Waals surface area contributed by atoms with Crippen LogP contribution in [-0.4, -0.2) is 19.6 Å². The largest absolute Gasteiger partial charge is 0.384 e. The molecule has 0 saturated heterocycles. The topological polar surface area (TPSA) is 24.1 Å². The molecule has 2 aliphatic heterocycles. The van der Waals surface area contributed by atoms with E-state index in [0.717, 1.165) is 26.1 Å². The van der Waals surface area contributed by atoms with E-state index in [4.69, 9.17) is 0 Å². The smallest absolute Gasteiger partial charge is 0.0365 e. The zero-order valence-corrected chi connectivity index (χ0v) is 9.41. The molecule has 0 atom stereocenters. The lowest BCUT2D eigenvalue weighted by Gasteiger charge is -2.31. The van der Waals surface area contributed by atoms with Crippen LogP contribution in [0.5, 0.6) is 0 Å². The second kappa shape index (κ2) is 3.43. The maximum absolute atomic E-state index is 3.55. The molecule has 0 aromatic carbocycles. The van der Waals surface area contributed by atoms with Gasteiger partial charge in [0.15, 0.2) is 0 Å². The lowest BCUT2D eigenvalue weighted by molar-refractivity contribution is 0.475. The molecule has 0 radical (unpaired) electrons. The monoisotopic (exact) mass is 192 g/mol. The van der Waals surface area contributed by atoms with Crippen molar-refractivity contribution in [1.29, 1.82) is 0 Å². The molecule has 0 unspecified atom stereocenters. The quantitative estimate of drug-likeness (QED) is 0.611. The molecule has 2 rings (SSSR count). The third kappa shape index (κ3) is 1.85. The Morgan fingerprint density at radius 1 is 1.21 bits per heavy atom. The highest BCUT2D eigenvalue weighted by Gasteiger charge is 2.22. The first-order chi connectivity index (χ1) is 6.57. The summed E-state index contributed by atoms with van der Waals surface area (Å²) in [6, 6.07) is 0. The predicted octanol–water partition coefficient (Wildman–Crippen LogP) is 1.81. The van der Waals surface area contributed by atoms with E-state index in [0.29, 0.717) is 5.41 Å². The van der Waals surface area contributed by atoms with E-state index in [-0.39, 0.29) is 0 Å². The lowest BCUT2D eigenvalue weighted by Crippen LogP contribution is -2.35. The highest BCUT2D eigenvalue weighted by molar-refractivity contribution is 5.37. The molecule has 0 aromatic heterocycles. The van der Waals surface area contributed by atoms with Crippen LogP contribution in [-0.2, 0) is 0 Å². The van der Waals surface area contributed by atoms with Crippen molar-refractivity contribution < 1.29 is 0 Å². The van der Waals surface area contributed by atoms with Gasteiger partial charge in [0.25, 0.3) is 0 Å². The Labute approximate surface area is 86.5 Å². The number of dihydropyridines is 1. The van der Waals surface area contributed by atoms with Gasteiger partial charge in [-0.2, -0.15) is 0 Å². The van der Waals surface area contributed by atoms with Crippen molar-refractivity contribution in [2.45, 2.75) is 27.2 Å². The normalized spacial score (nSPS) is 22.6. The molecule has 0 spiro atoms. The van der Waals surface area contributed by atoms with E-state index < -0.39 is 0 Å². The first-order valence-corrected chi connectivity index (χ1v) is 5.45. The van der Waals surface area contributed by atoms with Gasteiger partial charge in [0.1, 0.15) is 0 Å². The van der Waals surface area contributed by atoms with Crippen LogP contribution in [0.3, 0.4) is 0 Å². The Kier molecular flexibility index (Phi) is 2.40. The fourth-order valence-electron chi connectivity index (χ4n) is 1.99. The number of hydrogen-bond donors (Lipinski definition) is 2. The van der Waals surface area contributed by atoms with Gasteiger partial charge in [0.05, 0.1) is 0 Å². The fourth-order valence-corrected chi connectivity index (χ4v) is 1.99. The van der Waals surface area contributed by atoms with Gasteiger partial charge >= 0.3 is 0 Å². The van der Waals surface area contributed by atoms with Gasteiger partial charge in [0.2, 0.25) is 0 Å².